The van der Waals surface area contributed by atoms with E-state index in [9.17, 15) is 4.79 Å². The van der Waals surface area contributed by atoms with Gasteiger partial charge in [-0.2, -0.15) is 0 Å². The summed E-state index contributed by atoms with van der Waals surface area (Å²) < 4.78 is 0. The molecule has 2 rings (SSSR count). The zero-order valence-corrected chi connectivity index (χ0v) is 7.47. The molecule has 1 atom stereocenters. The number of anilines is 1. The lowest BCUT2D eigenvalue weighted by Crippen LogP contribution is -2.17. The van der Waals surface area contributed by atoms with E-state index in [1.54, 1.807) is 0 Å². The van der Waals surface area contributed by atoms with Crippen molar-refractivity contribution in [3.63, 3.8) is 0 Å². The number of rotatable bonds is 1. The highest BCUT2D eigenvalue weighted by molar-refractivity contribution is 5.74. The van der Waals surface area contributed by atoms with Gasteiger partial charge in [0.2, 0.25) is 0 Å². The van der Waals surface area contributed by atoms with Crippen LogP contribution in [0.4, 0.5) is 5.69 Å². The maximum absolute atomic E-state index is 10.8. The molecule has 1 aliphatic rings. The Labute approximate surface area is 77.5 Å². The summed E-state index contributed by atoms with van der Waals surface area (Å²) in [5.41, 5.74) is 2.20. The van der Waals surface area contributed by atoms with Gasteiger partial charge in [-0.1, -0.05) is 24.3 Å². The predicted octanol–water partition coefficient (Wildman–Crippen LogP) is 1.93. The highest BCUT2D eigenvalue weighted by Crippen LogP contribution is 2.30. The van der Waals surface area contributed by atoms with Crippen LogP contribution >= 0.6 is 0 Å². The average molecular weight is 173 g/mol. The van der Waals surface area contributed by atoms with Gasteiger partial charge in [-0.3, -0.25) is 0 Å². The first-order valence-corrected chi connectivity index (χ1v) is 4.28. The first kappa shape index (κ1) is 8.05. The van der Waals surface area contributed by atoms with Crippen LogP contribution < -0.4 is 4.90 Å². The molecule has 0 N–H and O–H groups in total. The molecule has 0 saturated heterocycles. The van der Waals surface area contributed by atoms with E-state index in [1.165, 1.54) is 0 Å². The van der Waals surface area contributed by atoms with Crippen molar-refractivity contribution in [3.05, 3.63) is 42.1 Å². The highest BCUT2D eigenvalue weighted by Gasteiger charge is 2.16. The van der Waals surface area contributed by atoms with E-state index in [-0.39, 0.29) is 5.92 Å². The van der Waals surface area contributed by atoms with E-state index in [1.807, 2.05) is 48.5 Å². The van der Waals surface area contributed by atoms with Gasteiger partial charge in [-0.05, 0) is 11.6 Å². The van der Waals surface area contributed by atoms with Crippen LogP contribution in [0.1, 0.15) is 11.5 Å². The molecule has 1 unspecified atom stereocenters. The van der Waals surface area contributed by atoms with Gasteiger partial charge in [0.05, 0.1) is 5.92 Å². The van der Waals surface area contributed by atoms with Crippen molar-refractivity contribution in [3.8, 4) is 0 Å². The van der Waals surface area contributed by atoms with Crippen LogP contribution in [0.3, 0.4) is 0 Å². The maximum atomic E-state index is 10.8. The lowest BCUT2D eigenvalue weighted by atomic mass is 9.96. The third kappa shape index (κ3) is 1.24. The van der Waals surface area contributed by atoms with Crippen LogP contribution in [0.25, 0.3) is 0 Å². The maximum Gasteiger partial charge on any atom is 0.131 e. The largest absolute Gasteiger partial charge is 0.351 e. The Morgan fingerprint density at radius 3 is 2.92 bits per heavy atom. The van der Waals surface area contributed by atoms with Gasteiger partial charge >= 0.3 is 0 Å². The summed E-state index contributed by atoms with van der Waals surface area (Å²) in [7, 11) is 1.98. The predicted molar refractivity (Wildman–Crippen MR) is 52.8 cm³/mol. The monoisotopic (exact) mass is 173 g/mol. The molecule has 0 bridgehead atoms. The normalized spacial score (nSPS) is 19.8. The molecule has 0 spiro atoms. The van der Waals surface area contributed by atoms with Crippen molar-refractivity contribution in [2.75, 3.05) is 11.9 Å². The lowest BCUT2D eigenvalue weighted by molar-refractivity contribution is -0.108. The Kier molecular flexibility index (Phi) is 1.89. The van der Waals surface area contributed by atoms with Gasteiger partial charge in [0, 0.05) is 18.9 Å². The number of nitrogens with zero attached hydrogens (tertiary/aromatic N) is 1. The fourth-order valence-corrected chi connectivity index (χ4v) is 1.62. The van der Waals surface area contributed by atoms with Gasteiger partial charge in [0.1, 0.15) is 6.29 Å². The minimum absolute atomic E-state index is 0.0765. The fraction of sp³-hybridized carbons (Fsp3) is 0.182. The summed E-state index contributed by atoms with van der Waals surface area (Å²) in [6.07, 6.45) is 4.82. The zero-order chi connectivity index (χ0) is 9.26. The quantitative estimate of drug-likeness (QED) is 0.605. The molecule has 1 aromatic rings. The van der Waals surface area contributed by atoms with E-state index in [0.29, 0.717) is 0 Å². The summed E-state index contributed by atoms with van der Waals surface area (Å²) in [4.78, 5) is 12.8. The molecule has 0 radical (unpaired) electrons. The molecule has 1 heterocycles. The van der Waals surface area contributed by atoms with Crippen molar-refractivity contribution in [2.45, 2.75) is 5.92 Å². The molecule has 0 amide bonds. The van der Waals surface area contributed by atoms with Crippen LogP contribution in [0.15, 0.2) is 36.5 Å². The summed E-state index contributed by atoms with van der Waals surface area (Å²) >= 11 is 0. The van der Waals surface area contributed by atoms with Crippen LogP contribution in [0, 0.1) is 0 Å². The molecule has 1 aromatic carbocycles. The molecule has 0 saturated carbocycles. The fourth-order valence-electron chi connectivity index (χ4n) is 1.62. The second-order valence-corrected chi connectivity index (χ2v) is 3.17. The van der Waals surface area contributed by atoms with Crippen molar-refractivity contribution in [1.29, 1.82) is 0 Å². The number of hydrogen-bond acceptors (Lipinski definition) is 2. The standard InChI is InChI=1S/C11H11NO/c1-12-7-6-9(8-13)10-4-2-3-5-11(10)12/h2-9H,1H3. The Morgan fingerprint density at radius 1 is 1.38 bits per heavy atom. The Bertz CT molecular complexity index is 357. The van der Waals surface area contributed by atoms with E-state index in [0.717, 1.165) is 17.5 Å². The molecule has 0 aliphatic carbocycles. The molecule has 13 heavy (non-hydrogen) atoms. The van der Waals surface area contributed by atoms with E-state index < -0.39 is 0 Å². The minimum Gasteiger partial charge on any atom is -0.351 e. The third-order valence-corrected chi connectivity index (χ3v) is 2.34. The molecule has 2 nitrogen and oxygen atoms in total. The van der Waals surface area contributed by atoms with E-state index in [4.69, 9.17) is 0 Å². The van der Waals surface area contributed by atoms with Crippen LogP contribution in [-0.2, 0) is 4.79 Å². The summed E-state index contributed by atoms with van der Waals surface area (Å²) in [6, 6.07) is 7.96. The Balaban J connectivity index is 2.53. The summed E-state index contributed by atoms with van der Waals surface area (Å²) in [5, 5.41) is 0. The Morgan fingerprint density at radius 2 is 2.15 bits per heavy atom. The second kappa shape index (κ2) is 3.05. The molecular weight excluding hydrogens is 162 g/mol. The Hall–Kier alpha value is -1.57. The molecule has 66 valence electrons. The number of fused-ring (bicyclic) bond motifs is 1. The number of allylic oxidation sites excluding steroid dienone is 1. The average Bonchev–Trinajstić information content (AvgIpc) is 2.19. The topological polar surface area (TPSA) is 20.3 Å². The number of carbonyl (C=O) groups is 1. The van der Waals surface area contributed by atoms with Crippen molar-refractivity contribution >= 4 is 12.0 Å². The molecule has 2 heteroatoms. The van der Waals surface area contributed by atoms with E-state index in [2.05, 4.69) is 0 Å². The lowest BCUT2D eigenvalue weighted by Gasteiger charge is -2.24. The van der Waals surface area contributed by atoms with Gasteiger partial charge in [-0.25, -0.2) is 0 Å². The zero-order valence-electron chi connectivity index (χ0n) is 7.47. The second-order valence-electron chi connectivity index (χ2n) is 3.17. The highest BCUT2D eigenvalue weighted by atomic mass is 16.1. The number of para-hydroxylation sites is 1. The molecule has 1 aliphatic heterocycles. The summed E-state index contributed by atoms with van der Waals surface area (Å²) in [6.45, 7) is 0. The van der Waals surface area contributed by atoms with Gasteiger partial charge in [-0.15, -0.1) is 0 Å². The number of aldehydes is 1. The number of benzene rings is 1. The van der Waals surface area contributed by atoms with Crippen LogP contribution in [-0.4, -0.2) is 13.3 Å². The van der Waals surface area contributed by atoms with Crippen molar-refractivity contribution in [2.24, 2.45) is 0 Å². The van der Waals surface area contributed by atoms with E-state index >= 15 is 0 Å². The van der Waals surface area contributed by atoms with Crippen molar-refractivity contribution < 1.29 is 4.79 Å². The van der Waals surface area contributed by atoms with Crippen LogP contribution in [0.2, 0.25) is 0 Å². The summed E-state index contributed by atoms with van der Waals surface area (Å²) in [5.74, 6) is -0.0765. The van der Waals surface area contributed by atoms with Gasteiger partial charge in [0.25, 0.3) is 0 Å². The number of carbonyl (C=O) groups excluding carboxylic acids is 1. The molecule has 0 aromatic heterocycles. The van der Waals surface area contributed by atoms with Crippen LogP contribution in [0.5, 0.6) is 0 Å². The van der Waals surface area contributed by atoms with Gasteiger partial charge in [0.15, 0.2) is 0 Å². The SMILES string of the molecule is CN1C=CC(C=O)c2ccccc21. The van der Waals surface area contributed by atoms with Gasteiger partial charge < -0.3 is 9.69 Å². The molecule has 0 fully saturated rings. The molecular formula is C11H11NO. The van der Waals surface area contributed by atoms with Crippen molar-refractivity contribution in [1.82, 2.24) is 0 Å². The smallest absolute Gasteiger partial charge is 0.131 e. The first-order valence-electron chi connectivity index (χ1n) is 4.28. The minimum atomic E-state index is -0.0765. The third-order valence-electron chi connectivity index (χ3n) is 2.34. The number of hydrogen-bond donors (Lipinski definition) is 0. The first-order chi connectivity index (χ1) is 6.33.